The summed E-state index contributed by atoms with van der Waals surface area (Å²) < 4.78 is 10.5. The first-order valence-electron chi connectivity index (χ1n) is 6.62. The monoisotopic (exact) mass is 279 g/mol. The zero-order valence-corrected chi connectivity index (χ0v) is 10.9. The molecule has 6 nitrogen and oxygen atoms in total. The molecule has 0 saturated carbocycles. The number of hydrogen-bond acceptors (Lipinski definition) is 5. The maximum absolute atomic E-state index is 12.1. The minimum absolute atomic E-state index is 0.125. The molecule has 0 radical (unpaired) electrons. The molecule has 1 amide bonds. The molecule has 2 saturated heterocycles. The van der Waals surface area contributed by atoms with Gasteiger partial charge in [-0.25, -0.2) is 4.79 Å². The number of carbonyl (C=O) groups is 1. The number of β-amino-alcohol motifs (C(OH)–C–C–N with tert-alkyl or cyclic N) is 1. The number of nitrogens with zero attached hydrogens (tertiary/aromatic N) is 1. The van der Waals surface area contributed by atoms with Gasteiger partial charge < -0.3 is 19.7 Å². The average molecular weight is 279 g/mol. The highest BCUT2D eigenvalue weighted by atomic mass is 16.6. The van der Waals surface area contributed by atoms with E-state index < -0.39 is 30.4 Å². The number of fused-ring (bicyclic) bond motifs is 1. The predicted molar refractivity (Wildman–Crippen MR) is 68.9 cm³/mol. The molecule has 108 valence electrons. The van der Waals surface area contributed by atoms with E-state index in [0.29, 0.717) is 0 Å². The van der Waals surface area contributed by atoms with Crippen LogP contribution in [0.1, 0.15) is 5.56 Å². The number of amides is 1. The Labute approximate surface area is 116 Å². The second-order valence-electron chi connectivity index (χ2n) is 5.12. The Morgan fingerprint density at radius 3 is 2.80 bits per heavy atom. The summed E-state index contributed by atoms with van der Waals surface area (Å²) in [6.45, 7) is 0.426. The van der Waals surface area contributed by atoms with Gasteiger partial charge in [-0.1, -0.05) is 30.3 Å². The van der Waals surface area contributed by atoms with E-state index in [1.807, 2.05) is 30.3 Å². The van der Waals surface area contributed by atoms with E-state index in [1.165, 1.54) is 4.90 Å². The van der Waals surface area contributed by atoms with Crippen molar-refractivity contribution in [3.8, 4) is 0 Å². The maximum Gasteiger partial charge on any atom is 0.410 e. The first kappa shape index (κ1) is 13.4. The predicted octanol–water partition coefficient (Wildman–Crippen LogP) is 0.128. The van der Waals surface area contributed by atoms with E-state index in [1.54, 1.807) is 0 Å². The van der Waals surface area contributed by atoms with Crippen molar-refractivity contribution in [3.05, 3.63) is 35.9 Å². The van der Waals surface area contributed by atoms with E-state index in [0.717, 1.165) is 5.56 Å². The standard InChI is InChI=1S/C14H17NO5/c16-10-6-15(12-11(17)8-19-13(10)12)14(18)20-7-9-4-2-1-3-5-9/h1-5,10-13,16-17H,6-8H2/t10-,11+,12-,13?/m1/s1. The van der Waals surface area contributed by atoms with Gasteiger partial charge in [0.15, 0.2) is 0 Å². The van der Waals surface area contributed by atoms with Crippen LogP contribution in [0.2, 0.25) is 0 Å². The summed E-state index contributed by atoms with van der Waals surface area (Å²) in [6, 6.07) is 8.83. The van der Waals surface area contributed by atoms with E-state index in [9.17, 15) is 15.0 Å². The Morgan fingerprint density at radius 2 is 2.05 bits per heavy atom. The van der Waals surface area contributed by atoms with Crippen LogP contribution < -0.4 is 0 Å². The van der Waals surface area contributed by atoms with Crippen LogP contribution in [0.5, 0.6) is 0 Å². The van der Waals surface area contributed by atoms with Crippen molar-refractivity contribution >= 4 is 6.09 Å². The van der Waals surface area contributed by atoms with Gasteiger partial charge in [-0.05, 0) is 5.56 Å². The molecule has 6 heteroatoms. The Kier molecular flexibility index (Phi) is 3.60. The minimum Gasteiger partial charge on any atom is -0.445 e. The zero-order valence-electron chi connectivity index (χ0n) is 10.9. The van der Waals surface area contributed by atoms with Gasteiger partial charge >= 0.3 is 6.09 Å². The van der Waals surface area contributed by atoms with Crippen LogP contribution in [0.15, 0.2) is 30.3 Å². The summed E-state index contributed by atoms with van der Waals surface area (Å²) in [6.07, 6.45) is -2.61. The van der Waals surface area contributed by atoms with Gasteiger partial charge in [0, 0.05) is 0 Å². The number of rotatable bonds is 2. The number of aliphatic hydroxyl groups is 2. The number of likely N-dealkylation sites (tertiary alicyclic amines) is 1. The topological polar surface area (TPSA) is 79.2 Å². The van der Waals surface area contributed by atoms with Crippen molar-refractivity contribution < 1.29 is 24.5 Å². The van der Waals surface area contributed by atoms with Crippen LogP contribution in [-0.4, -0.2) is 58.7 Å². The number of carbonyl (C=O) groups excluding carboxylic acids is 1. The largest absolute Gasteiger partial charge is 0.445 e. The number of aliphatic hydroxyl groups excluding tert-OH is 2. The summed E-state index contributed by atoms with van der Waals surface area (Å²) in [5.74, 6) is 0. The van der Waals surface area contributed by atoms with Gasteiger partial charge in [-0.3, -0.25) is 4.90 Å². The lowest BCUT2D eigenvalue weighted by molar-refractivity contribution is 0.0124. The molecule has 2 aliphatic rings. The second kappa shape index (κ2) is 5.40. The first-order valence-corrected chi connectivity index (χ1v) is 6.62. The summed E-state index contributed by atoms with van der Waals surface area (Å²) >= 11 is 0. The fourth-order valence-electron chi connectivity index (χ4n) is 2.78. The highest BCUT2D eigenvalue weighted by Crippen LogP contribution is 2.30. The van der Waals surface area contributed by atoms with Gasteiger partial charge in [0.05, 0.1) is 25.3 Å². The maximum atomic E-state index is 12.1. The Bertz CT molecular complexity index is 480. The molecule has 20 heavy (non-hydrogen) atoms. The van der Waals surface area contributed by atoms with E-state index in [4.69, 9.17) is 9.47 Å². The van der Waals surface area contributed by atoms with E-state index in [2.05, 4.69) is 0 Å². The molecule has 0 spiro atoms. The Hall–Kier alpha value is -1.63. The van der Waals surface area contributed by atoms with E-state index >= 15 is 0 Å². The van der Waals surface area contributed by atoms with E-state index in [-0.39, 0.29) is 19.8 Å². The quantitative estimate of drug-likeness (QED) is 0.804. The lowest BCUT2D eigenvalue weighted by Crippen LogP contribution is -2.44. The Balaban J connectivity index is 1.62. The third kappa shape index (κ3) is 2.37. The molecule has 1 aromatic carbocycles. The van der Waals surface area contributed by atoms with Crippen molar-refractivity contribution in [2.45, 2.75) is 31.0 Å². The molecule has 2 N–H and O–H groups in total. The third-order valence-corrected chi connectivity index (χ3v) is 3.75. The fraction of sp³-hybridized carbons (Fsp3) is 0.500. The van der Waals surface area contributed by atoms with Crippen LogP contribution in [0.25, 0.3) is 0 Å². The lowest BCUT2D eigenvalue weighted by atomic mass is 10.1. The highest BCUT2D eigenvalue weighted by Gasteiger charge is 2.52. The second-order valence-corrected chi connectivity index (χ2v) is 5.12. The van der Waals surface area contributed by atoms with Gasteiger partial charge in [-0.2, -0.15) is 0 Å². The highest BCUT2D eigenvalue weighted by molar-refractivity contribution is 5.69. The van der Waals surface area contributed by atoms with Gasteiger partial charge in [0.2, 0.25) is 0 Å². The molecule has 1 aromatic rings. The number of benzene rings is 1. The normalized spacial score (nSPS) is 32.2. The van der Waals surface area contributed by atoms with Crippen molar-refractivity contribution in [1.29, 1.82) is 0 Å². The molecule has 1 unspecified atom stereocenters. The molecule has 0 bridgehead atoms. The zero-order chi connectivity index (χ0) is 14.1. The molecule has 0 aliphatic carbocycles. The van der Waals surface area contributed by atoms with Crippen molar-refractivity contribution in [1.82, 2.24) is 4.90 Å². The third-order valence-electron chi connectivity index (χ3n) is 3.75. The molecule has 3 rings (SSSR count). The SMILES string of the molecule is O=C(OCc1ccccc1)N1C[C@@H](O)C2OC[C@H](O)[C@H]21. The molecular weight excluding hydrogens is 262 g/mol. The van der Waals surface area contributed by atoms with Crippen LogP contribution in [0.3, 0.4) is 0 Å². The van der Waals surface area contributed by atoms with Crippen LogP contribution in [-0.2, 0) is 16.1 Å². The molecular formula is C14H17NO5. The number of hydrogen-bond donors (Lipinski definition) is 2. The first-order chi connectivity index (χ1) is 9.66. The number of ether oxygens (including phenoxy) is 2. The summed E-state index contributed by atoms with van der Waals surface area (Å²) in [4.78, 5) is 13.4. The van der Waals surface area contributed by atoms with Crippen molar-refractivity contribution in [3.63, 3.8) is 0 Å². The van der Waals surface area contributed by atoms with Gasteiger partial charge in [-0.15, -0.1) is 0 Å². The fourth-order valence-corrected chi connectivity index (χ4v) is 2.78. The summed E-state index contributed by atoms with van der Waals surface area (Å²) in [5, 5.41) is 19.7. The Morgan fingerprint density at radius 1 is 1.30 bits per heavy atom. The molecule has 2 heterocycles. The van der Waals surface area contributed by atoms with Crippen molar-refractivity contribution in [2.75, 3.05) is 13.2 Å². The lowest BCUT2D eigenvalue weighted by Gasteiger charge is -2.24. The molecule has 2 fully saturated rings. The molecule has 4 atom stereocenters. The van der Waals surface area contributed by atoms with Gasteiger partial charge in [0.25, 0.3) is 0 Å². The van der Waals surface area contributed by atoms with Crippen molar-refractivity contribution in [2.24, 2.45) is 0 Å². The molecule has 0 aromatic heterocycles. The van der Waals surface area contributed by atoms with Crippen LogP contribution in [0, 0.1) is 0 Å². The summed E-state index contributed by atoms with van der Waals surface area (Å²) in [5.41, 5.74) is 0.889. The summed E-state index contributed by atoms with van der Waals surface area (Å²) in [7, 11) is 0. The smallest absolute Gasteiger partial charge is 0.410 e. The molecule has 2 aliphatic heterocycles. The minimum atomic E-state index is -0.776. The van der Waals surface area contributed by atoms with Crippen LogP contribution in [0.4, 0.5) is 4.79 Å². The van der Waals surface area contributed by atoms with Gasteiger partial charge in [0.1, 0.15) is 18.8 Å². The van der Waals surface area contributed by atoms with Crippen LogP contribution >= 0.6 is 0 Å². The average Bonchev–Trinajstić information content (AvgIpc) is 3.00.